The zero-order valence-electron chi connectivity index (χ0n) is 9.06. The van der Waals surface area contributed by atoms with E-state index in [-0.39, 0.29) is 17.3 Å². The minimum atomic E-state index is -0.610. The molecule has 0 spiro atoms. The van der Waals surface area contributed by atoms with Gasteiger partial charge in [0.25, 0.3) is 0 Å². The van der Waals surface area contributed by atoms with E-state index in [0.29, 0.717) is 0 Å². The highest BCUT2D eigenvalue weighted by Crippen LogP contribution is 2.17. The molecule has 1 aromatic rings. The van der Waals surface area contributed by atoms with Crippen molar-refractivity contribution in [2.75, 3.05) is 5.32 Å². The summed E-state index contributed by atoms with van der Waals surface area (Å²) in [6.45, 7) is 5.67. The van der Waals surface area contributed by atoms with Crippen molar-refractivity contribution in [1.82, 2.24) is 15.2 Å². The van der Waals surface area contributed by atoms with Crippen molar-refractivity contribution in [2.24, 2.45) is 11.1 Å². The Bertz CT molecular complexity index is 332. The first-order valence-corrected chi connectivity index (χ1v) is 4.61. The van der Waals surface area contributed by atoms with Gasteiger partial charge in [0.05, 0.1) is 18.4 Å². The fraction of sp³-hybridized carbons (Fsp3) is 0.556. The number of nitrogens with zero attached hydrogens (tertiary/aromatic N) is 3. The van der Waals surface area contributed by atoms with E-state index >= 15 is 0 Å². The molecule has 1 amide bonds. The maximum Gasteiger partial charge on any atom is 0.249 e. The molecule has 6 nitrogen and oxygen atoms in total. The Balaban J connectivity index is 2.65. The molecule has 0 radical (unpaired) electrons. The van der Waals surface area contributed by atoms with E-state index in [2.05, 4.69) is 20.5 Å². The Morgan fingerprint density at radius 1 is 1.47 bits per heavy atom. The minimum Gasteiger partial charge on any atom is -0.319 e. The second-order valence-electron chi connectivity index (χ2n) is 4.30. The molecule has 82 valence electrons. The Kier molecular flexibility index (Phi) is 3.31. The van der Waals surface area contributed by atoms with Crippen LogP contribution in [0.2, 0.25) is 0 Å². The normalized spacial score (nSPS) is 13.3. The molecule has 1 rings (SSSR count). The van der Waals surface area contributed by atoms with Gasteiger partial charge in [0.2, 0.25) is 11.9 Å². The van der Waals surface area contributed by atoms with Gasteiger partial charge in [-0.25, -0.2) is 4.98 Å². The third kappa shape index (κ3) is 3.25. The lowest BCUT2D eigenvalue weighted by Crippen LogP contribution is -2.45. The number of nitrogens with one attached hydrogen (secondary N) is 1. The number of carbonyl (C=O) groups excluding carboxylic acids is 1. The molecule has 0 fully saturated rings. The number of amides is 1. The van der Waals surface area contributed by atoms with Gasteiger partial charge < -0.3 is 5.73 Å². The summed E-state index contributed by atoms with van der Waals surface area (Å²) in [7, 11) is 0. The fourth-order valence-corrected chi connectivity index (χ4v) is 0.886. The number of hydrogen-bond donors (Lipinski definition) is 2. The van der Waals surface area contributed by atoms with Gasteiger partial charge >= 0.3 is 0 Å². The lowest BCUT2D eigenvalue weighted by molar-refractivity contribution is -0.119. The fourth-order valence-electron chi connectivity index (χ4n) is 0.886. The zero-order valence-corrected chi connectivity index (χ0v) is 9.06. The third-order valence-electron chi connectivity index (χ3n) is 1.93. The van der Waals surface area contributed by atoms with Crippen LogP contribution in [0.1, 0.15) is 20.8 Å². The predicted molar refractivity (Wildman–Crippen MR) is 55.9 cm³/mol. The molecule has 0 saturated heterocycles. The topological polar surface area (TPSA) is 93.8 Å². The Morgan fingerprint density at radius 2 is 2.13 bits per heavy atom. The van der Waals surface area contributed by atoms with Gasteiger partial charge in [-0.05, 0) is 5.41 Å². The van der Waals surface area contributed by atoms with Crippen molar-refractivity contribution in [3.63, 3.8) is 0 Å². The van der Waals surface area contributed by atoms with E-state index in [1.165, 1.54) is 12.4 Å². The highest BCUT2D eigenvalue weighted by atomic mass is 16.2. The van der Waals surface area contributed by atoms with Gasteiger partial charge in [-0.2, -0.15) is 5.10 Å². The number of anilines is 1. The monoisotopic (exact) mass is 209 g/mol. The summed E-state index contributed by atoms with van der Waals surface area (Å²) in [6.07, 6.45) is 2.88. The molecule has 0 aliphatic rings. The molecule has 1 atom stereocenters. The van der Waals surface area contributed by atoms with Crippen LogP contribution in [0.25, 0.3) is 0 Å². The van der Waals surface area contributed by atoms with Crippen LogP contribution in [-0.2, 0) is 4.79 Å². The van der Waals surface area contributed by atoms with Gasteiger partial charge in [0.1, 0.15) is 0 Å². The molecule has 0 aliphatic carbocycles. The summed E-state index contributed by atoms with van der Waals surface area (Å²) >= 11 is 0. The van der Waals surface area contributed by atoms with Crippen molar-refractivity contribution in [3.05, 3.63) is 12.4 Å². The Hall–Kier alpha value is -1.56. The molecule has 1 aromatic heterocycles. The first kappa shape index (κ1) is 11.5. The van der Waals surface area contributed by atoms with Gasteiger partial charge in [-0.1, -0.05) is 20.8 Å². The highest BCUT2D eigenvalue weighted by molar-refractivity contribution is 5.93. The van der Waals surface area contributed by atoms with Crippen molar-refractivity contribution in [3.8, 4) is 0 Å². The van der Waals surface area contributed by atoms with E-state index in [1.807, 2.05) is 20.8 Å². The van der Waals surface area contributed by atoms with Crippen molar-refractivity contribution in [1.29, 1.82) is 0 Å². The highest BCUT2D eigenvalue weighted by Gasteiger charge is 2.27. The second kappa shape index (κ2) is 4.31. The predicted octanol–water partition coefficient (Wildman–Crippen LogP) is 0.183. The van der Waals surface area contributed by atoms with Gasteiger partial charge in [-0.15, -0.1) is 5.10 Å². The zero-order chi connectivity index (χ0) is 11.5. The minimum absolute atomic E-state index is 0.169. The number of carbonyl (C=O) groups is 1. The molecule has 1 heterocycles. The average Bonchev–Trinajstić information content (AvgIpc) is 2.16. The van der Waals surface area contributed by atoms with E-state index in [9.17, 15) is 4.79 Å². The van der Waals surface area contributed by atoms with Crippen LogP contribution in [-0.4, -0.2) is 27.1 Å². The molecule has 0 saturated carbocycles. The third-order valence-corrected chi connectivity index (χ3v) is 1.93. The van der Waals surface area contributed by atoms with Crippen LogP contribution < -0.4 is 11.1 Å². The maximum absolute atomic E-state index is 11.6. The van der Waals surface area contributed by atoms with Crippen LogP contribution in [0.4, 0.5) is 5.95 Å². The molecule has 0 aliphatic heterocycles. The standard InChI is InChI=1S/C9H15N5O/c1-9(2,3)6(10)7(15)13-8-11-4-5-12-14-8/h4-6H,10H2,1-3H3,(H,11,13,14,15). The average molecular weight is 209 g/mol. The van der Waals surface area contributed by atoms with Crippen molar-refractivity contribution >= 4 is 11.9 Å². The maximum atomic E-state index is 11.6. The van der Waals surface area contributed by atoms with Crippen molar-refractivity contribution < 1.29 is 4.79 Å². The van der Waals surface area contributed by atoms with E-state index in [0.717, 1.165) is 0 Å². The molecular weight excluding hydrogens is 194 g/mol. The smallest absolute Gasteiger partial charge is 0.249 e. The van der Waals surface area contributed by atoms with E-state index in [1.54, 1.807) is 0 Å². The van der Waals surface area contributed by atoms with Gasteiger partial charge in [0, 0.05) is 0 Å². The summed E-state index contributed by atoms with van der Waals surface area (Å²) in [6, 6.07) is -0.610. The van der Waals surface area contributed by atoms with Gasteiger partial charge in [0.15, 0.2) is 0 Å². The summed E-state index contributed by atoms with van der Waals surface area (Å²) < 4.78 is 0. The number of aromatic nitrogens is 3. The first-order chi connectivity index (χ1) is 6.91. The molecule has 0 bridgehead atoms. The quantitative estimate of drug-likeness (QED) is 0.724. The van der Waals surface area contributed by atoms with Crippen LogP contribution >= 0.6 is 0 Å². The lowest BCUT2D eigenvalue weighted by Gasteiger charge is -2.25. The molecule has 6 heteroatoms. The first-order valence-electron chi connectivity index (χ1n) is 4.61. The molecule has 3 N–H and O–H groups in total. The van der Waals surface area contributed by atoms with Crippen LogP contribution in [0.5, 0.6) is 0 Å². The van der Waals surface area contributed by atoms with Crippen molar-refractivity contribution in [2.45, 2.75) is 26.8 Å². The molecule has 0 aromatic carbocycles. The number of nitrogens with two attached hydrogens (primary N) is 1. The summed E-state index contributed by atoms with van der Waals surface area (Å²) in [4.78, 5) is 15.4. The largest absolute Gasteiger partial charge is 0.319 e. The lowest BCUT2D eigenvalue weighted by atomic mass is 9.87. The summed E-state index contributed by atoms with van der Waals surface area (Å²) in [5, 5.41) is 9.73. The van der Waals surface area contributed by atoms with Crippen LogP contribution in [0, 0.1) is 5.41 Å². The van der Waals surface area contributed by atoms with Gasteiger partial charge in [-0.3, -0.25) is 10.1 Å². The molecule has 15 heavy (non-hydrogen) atoms. The van der Waals surface area contributed by atoms with E-state index in [4.69, 9.17) is 5.73 Å². The summed E-state index contributed by atoms with van der Waals surface area (Å²) in [5.74, 6) is -0.141. The molecule has 1 unspecified atom stereocenters. The Labute approximate surface area is 88.3 Å². The van der Waals surface area contributed by atoms with E-state index < -0.39 is 6.04 Å². The second-order valence-corrected chi connectivity index (χ2v) is 4.30. The van der Waals surface area contributed by atoms with Crippen LogP contribution in [0.15, 0.2) is 12.4 Å². The number of hydrogen-bond acceptors (Lipinski definition) is 5. The van der Waals surface area contributed by atoms with Crippen LogP contribution in [0.3, 0.4) is 0 Å². The summed E-state index contributed by atoms with van der Waals surface area (Å²) in [5.41, 5.74) is 5.45. The Morgan fingerprint density at radius 3 is 2.60 bits per heavy atom. The number of rotatable bonds is 2. The molecular formula is C9H15N5O. The SMILES string of the molecule is CC(C)(C)C(N)C(=O)Nc1nccnn1.